The van der Waals surface area contributed by atoms with Crippen LogP contribution in [0.4, 0.5) is 5.69 Å². The zero-order valence-corrected chi connectivity index (χ0v) is 19.1. The second-order valence-electron chi connectivity index (χ2n) is 9.59. The highest BCUT2D eigenvalue weighted by Gasteiger charge is 2.49. The number of amides is 2. The molecule has 0 spiro atoms. The summed E-state index contributed by atoms with van der Waals surface area (Å²) in [5, 5.41) is 3.32. The first kappa shape index (κ1) is 20.9. The van der Waals surface area contributed by atoms with Crippen LogP contribution in [-0.4, -0.2) is 28.0 Å². The van der Waals surface area contributed by atoms with Crippen molar-refractivity contribution in [2.45, 2.75) is 77.4 Å². The monoisotopic (exact) mass is 433 g/mol. The van der Waals surface area contributed by atoms with E-state index in [1.165, 1.54) is 12.8 Å². The van der Waals surface area contributed by atoms with Crippen molar-refractivity contribution in [3.63, 3.8) is 0 Å². The minimum absolute atomic E-state index is 0.0891. The molecule has 0 radical (unpaired) electrons. The van der Waals surface area contributed by atoms with Gasteiger partial charge < -0.3 is 14.3 Å². The van der Waals surface area contributed by atoms with Gasteiger partial charge in [0.2, 0.25) is 5.91 Å². The van der Waals surface area contributed by atoms with E-state index in [0.29, 0.717) is 17.8 Å². The second-order valence-corrected chi connectivity index (χ2v) is 9.59. The molecule has 1 aliphatic carbocycles. The number of nitrogens with zero attached hydrogens (tertiary/aromatic N) is 2. The highest BCUT2D eigenvalue weighted by Crippen LogP contribution is 2.38. The summed E-state index contributed by atoms with van der Waals surface area (Å²) in [5.41, 5.74) is 2.79. The number of hydrogen-bond donors (Lipinski definition) is 1. The van der Waals surface area contributed by atoms with E-state index in [0.717, 1.165) is 48.2 Å². The summed E-state index contributed by atoms with van der Waals surface area (Å²) in [4.78, 5) is 29.4. The second kappa shape index (κ2) is 7.84. The molecule has 1 atom stereocenters. The lowest BCUT2D eigenvalue weighted by atomic mass is 9.92. The third-order valence-electron chi connectivity index (χ3n) is 7.13. The molecule has 1 saturated carbocycles. The minimum atomic E-state index is -1.06. The maximum atomic E-state index is 13.9. The Morgan fingerprint density at radius 2 is 1.81 bits per heavy atom. The molecular weight excluding hydrogens is 402 g/mol. The van der Waals surface area contributed by atoms with Crippen molar-refractivity contribution in [3.05, 3.63) is 53.4 Å². The van der Waals surface area contributed by atoms with E-state index in [1.807, 2.05) is 55.7 Å². The lowest BCUT2D eigenvalue weighted by Crippen LogP contribution is -2.65. The summed E-state index contributed by atoms with van der Waals surface area (Å²) in [6.07, 6.45) is 6.72. The van der Waals surface area contributed by atoms with Crippen molar-refractivity contribution >= 4 is 28.6 Å². The standard InChI is InChI=1S/C26H31N3O3/c1-17-10-8-9-13-20(17)29-24(30)22-15-23-21(14-18(2)32-23)28(22)16-26(29,3)25(31)27-19-11-6-4-5-7-12-19/h8-10,13-15,19H,4-7,11-12,16H2,1-3H3,(H,27,31). The molecule has 3 aromatic rings. The number of nitrogens with one attached hydrogen (secondary N) is 1. The van der Waals surface area contributed by atoms with Crippen molar-refractivity contribution in [1.82, 2.24) is 9.88 Å². The molecule has 2 aliphatic rings. The average Bonchev–Trinajstić information content (AvgIpc) is 3.15. The molecule has 6 nitrogen and oxygen atoms in total. The molecule has 1 aromatic carbocycles. The Morgan fingerprint density at radius 3 is 2.53 bits per heavy atom. The molecule has 1 N–H and O–H groups in total. The lowest BCUT2D eigenvalue weighted by Gasteiger charge is -2.45. The topological polar surface area (TPSA) is 67.5 Å². The highest BCUT2D eigenvalue weighted by molar-refractivity contribution is 6.14. The molecule has 32 heavy (non-hydrogen) atoms. The van der Waals surface area contributed by atoms with E-state index in [2.05, 4.69) is 5.32 Å². The predicted octanol–water partition coefficient (Wildman–Crippen LogP) is 5.11. The van der Waals surface area contributed by atoms with Crippen LogP contribution in [-0.2, 0) is 11.3 Å². The zero-order chi connectivity index (χ0) is 22.5. The average molecular weight is 434 g/mol. The van der Waals surface area contributed by atoms with Gasteiger partial charge in [-0.25, -0.2) is 0 Å². The Labute approximate surface area is 188 Å². The smallest absolute Gasteiger partial charge is 0.276 e. The van der Waals surface area contributed by atoms with Crippen LogP contribution in [0.1, 0.15) is 67.3 Å². The fraction of sp³-hybridized carbons (Fsp3) is 0.462. The maximum Gasteiger partial charge on any atom is 0.276 e. The molecule has 1 aliphatic heterocycles. The summed E-state index contributed by atoms with van der Waals surface area (Å²) in [7, 11) is 0. The molecule has 1 unspecified atom stereocenters. The van der Waals surface area contributed by atoms with Crippen molar-refractivity contribution in [1.29, 1.82) is 0 Å². The molecule has 6 heteroatoms. The quantitative estimate of drug-likeness (QED) is 0.584. The summed E-state index contributed by atoms with van der Waals surface area (Å²) in [6, 6.07) is 11.7. The first-order valence-corrected chi connectivity index (χ1v) is 11.7. The fourth-order valence-electron chi connectivity index (χ4n) is 5.36. The third kappa shape index (κ3) is 3.33. The highest BCUT2D eigenvalue weighted by atomic mass is 16.3. The summed E-state index contributed by atoms with van der Waals surface area (Å²) in [5.74, 6) is 0.533. The summed E-state index contributed by atoms with van der Waals surface area (Å²) < 4.78 is 7.76. The predicted molar refractivity (Wildman–Crippen MR) is 125 cm³/mol. The number of anilines is 1. The van der Waals surface area contributed by atoms with Gasteiger partial charge >= 0.3 is 0 Å². The van der Waals surface area contributed by atoms with Crippen molar-refractivity contribution < 1.29 is 14.0 Å². The van der Waals surface area contributed by atoms with Crippen LogP contribution in [0.5, 0.6) is 0 Å². The molecule has 0 bridgehead atoms. The van der Waals surface area contributed by atoms with E-state index >= 15 is 0 Å². The number of carbonyl (C=O) groups excluding carboxylic acids is 2. The number of benzene rings is 1. The third-order valence-corrected chi connectivity index (χ3v) is 7.13. The SMILES string of the molecule is Cc1cc2c(cc3n2CC(C)(C(=O)NC2CCCCCC2)N(c2ccccc2C)C3=O)o1. The van der Waals surface area contributed by atoms with Gasteiger partial charge in [0, 0.05) is 23.9 Å². The van der Waals surface area contributed by atoms with Gasteiger partial charge in [0.15, 0.2) is 5.58 Å². The fourth-order valence-corrected chi connectivity index (χ4v) is 5.36. The molecule has 2 amide bonds. The normalized spacial score (nSPS) is 22.1. The Kier molecular flexibility index (Phi) is 5.11. The van der Waals surface area contributed by atoms with E-state index < -0.39 is 5.54 Å². The minimum Gasteiger partial charge on any atom is -0.460 e. The number of para-hydroxylation sites is 1. The number of carbonyl (C=O) groups is 2. The zero-order valence-electron chi connectivity index (χ0n) is 19.1. The van der Waals surface area contributed by atoms with Crippen LogP contribution in [0, 0.1) is 13.8 Å². The molecule has 2 aromatic heterocycles. The number of fused-ring (bicyclic) bond motifs is 3. The molecule has 5 rings (SSSR count). The maximum absolute atomic E-state index is 13.9. The van der Waals surface area contributed by atoms with Crippen LogP contribution in [0.2, 0.25) is 0 Å². The Bertz CT molecular complexity index is 1180. The van der Waals surface area contributed by atoms with Crippen LogP contribution in [0.15, 0.2) is 40.8 Å². The number of rotatable bonds is 3. The van der Waals surface area contributed by atoms with Gasteiger partial charge in [-0.1, -0.05) is 43.9 Å². The summed E-state index contributed by atoms with van der Waals surface area (Å²) in [6.45, 7) is 6.15. The van der Waals surface area contributed by atoms with Gasteiger partial charge in [-0.15, -0.1) is 0 Å². The van der Waals surface area contributed by atoms with Gasteiger partial charge in [-0.3, -0.25) is 14.5 Å². The van der Waals surface area contributed by atoms with Gasteiger partial charge in [0.25, 0.3) is 5.91 Å². The van der Waals surface area contributed by atoms with Crippen LogP contribution < -0.4 is 10.2 Å². The van der Waals surface area contributed by atoms with Crippen LogP contribution in [0.25, 0.3) is 11.1 Å². The van der Waals surface area contributed by atoms with Crippen LogP contribution in [0.3, 0.4) is 0 Å². The number of aryl methyl sites for hydroxylation is 2. The van der Waals surface area contributed by atoms with E-state index in [1.54, 1.807) is 11.0 Å². The first-order chi connectivity index (χ1) is 15.4. The Hall–Kier alpha value is -3.02. The van der Waals surface area contributed by atoms with Crippen molar-refractivity contribution in [3.8, 4) is 0 Å². The van der Waals surface area contributed by atoms with Gasteiger partial charge in [-0.2, -0.15) is 0 Å². The number of aromatic nitrogens is 1. The molecular formula is C26H31N3O3. The lowest BCUT2D eigenvalue weighted by molar-refractivity contribution is -0.127. The van der Waals surface area contributed by atoms with E-state index in [9.17, 15) is 9.59 Å². The van der Waals surface area contributed by atoms with Gasteiger partial charge in [0.05, 0.1) is 12.1 Å². The molecule has 1 fully saturated rings. The largest absolute Gasteiger partial charge is 0.460 e. The van der Waals surface area contributed by atoms with Crippen molar-refractivity contribution in [2.75, 3.05) is 4.90 Å². The van der Waals surface area contributed by atoms with E-state index in [-0.39, 0.29) is 17.9 Å². The molecule has 0 saturated heterocycles. The Morgan fingerprint density at radius 1 is 1.09 bits per heavy atom. The molecule has 168 valence electrons. The molecule has 3 heterocycles. The summed E-state index contributed by atoms with van der Waals surface area (Å²) >= 11 is 0. The first-order valence-electron chi connectivity index (χ1n) is 11.7. The number of furan rings is 1. The van der Waals surface area contributed by atoms with Crippen LogP contribution >= 0.6 is 0 Å². The van der Waals surface area contributed by atoms with Gasteiger partial charge in [-0.05, 0) is 45.2 Å². The Balaban J connectivity index is 1.60. The van der Waals surface area contributed by atoms with Crippen molar-refractivity contribution in [2.24, 2.45) is 0 Å². The number of hydrogen-bond acceptors (Lipinski definition) is 3. The van der Waals surface area contributed by atoms with E-state index in [4.69, 9.17) is 4.42 Å². The van der Waals surface area contributed by atoms with Gasteiger partial charge in [0.1, 0.15) is 17.0 Å².